The van der Waals surface area contributed by atoms with Gasteiger partial charge in [-0.05, 0) is 43.5 Å². The third kappa shape index (κ3) is 7.58. The van der Waals surface area contributed by atoms with Crippen molar-refractivity contribution in [2.75, 3.05) is 31.9 Å². The van der Waals surface area contributed by atoms with E-state index in [1.807, 2.05) is 0 Å². The van der Waals surface area contributed by atoms with Gasteiger partial charge in [0.15, 0.2) is 17.3 Å². The van der Waals surface area contributed by atoms with Gasteiger partial charge in [0.1, 0.15) is 23.2 Å². The molecule has 18 nitrogen and oxygen atoms in total. The van der Waals surface area contributed by atoms with Crippen molar-refractivity contribution in [1.82, 2.24) is 30.5 Å². The summed E-state index contributed by atoms with van der Waals surface area (Å²) in [5, 5.41) is 49.0. The predicted octanol–water partition coefficient (Wildman–Crippen LogP) is -0.446. The molecular weight excluding hydrogens is 729 g/mol. The number of carbonyl (C=O) groups is 5. The first-order valence-corrected chi connectivity index (χ1v) is 17.2. The molecule has 3 aliphatic heterocycles. The molecule has 0 aliphatic carbocycles. The lowest BCUT2D eigenvalue weighted by atomic mass is 9.72. The van der Waals surface area contributed by atoms with Crippen molar-refractivity contribution >= 4 is 58.6 Å². The number of nitrogens with zero attached hydrogens (tertiary/aromatic N) is 2. The molecule has 23 heteroatoms. The van der Waals surface area contributed by atoms with Gasteiger partial charge in [-0.15, -0.1) is 0 Å². The zero-order chi connectivity index (χ0) is 37.4. The minimum Gasteiger partial charge on any atom is -0.534 e. The highest BCUT2D eigenvalue weighted by Crippen LogP contribution is 2.41. The molecule has 0 saturated carbocycles. The number of imide groups is 1. The van der Waals surface area contributed by atoms with E-state index in [4.69, 9.17) is 16.3 Å². The van der Waals surface area contributed by atoms with E-state index >= 15 is 0 Å². The van der Waals surface area contributed by atoms with Crippen LogP contribution in [0.4, 0.5) is 18.4 Å². The Kier molecular flexibility index (Phi) is 10.8. The zero-order valence-electron chi connectivity index (χ0n) is 26.2. The Bertz CT molecular complexity index is 1900. The maximum Gasteiger partial charge on any atom is 0.547 e. The highest BCUT2D eigenvalue weighted by molar-refractivity contribution is 7.89. The van der Waals surface area contributed by atoms with E-state index in [0.717, 1.165) is 18.6 Å². The fraction of sp³-hybridized carbons (Fsp3) is 0.393. The maximum absolute atomic E-state index is 14.6. The lowest BCUT2D eigenvalue weighted by molar-refractivity contribution is -0.124. The molecule has 2 aromatic rings. The Morgan fingerprint density at radius 3 is 2.53 bits per heavy atom. The van der Waals surface area contributed by atoms with Crippen molar-refractivity contribution in [2.24, 2.45) is 0 Å². The highest BCUT2D eigenvalue weighted by Gasteiger charge is 2.43. The number of aromatic hydroxyl groups is 2. The number of halogens is 3. The van der Waals surface area contributed by atoms with E-state index in [1.165, 1.54) is 0 Å². The van der Waals surface area contributed by atoms with Gasteiger partial charge in [0.05, 0.1) is 35.8 Å². The van der Waals surface area contributed by atoms with Gasteiger partial charge >= 0.3 is 25.1 Å². The van der Waals surface area contributed by atoms with Crippen molar-refractivity contribution in [3.8, 4) is 17.2 Å². The molecule has 3 aliphatic rings. The first-order chi connectivity index (χ1) is 24.0. The summed E-state index contributed by atoms with van der Waals surface area (Å²) in [5.74, 6) is -11.1. The molecule has 6 amide bonds. The lowest BCUT2D eigenvalue weighted by Crippen LogP contribution is -2.56. The van der Waals surface area contributed by atoms with Crippen LogP contribution in [0.1, 0.15) is 40.4 Å². The number of hydrogen-bond acceptors (Lipinski definition) is 12. The molecule has 0 aromatic heterocycles. The van der Waals surface area contributed by atoms with Crippen LogP contribution in [0.2, 0.25) is 5.02 Å². The lowest BCUT2D eigenvalue weighted by Gasteiger charge is -2.31. The third-order valence-corrected chi connectivity index (χ3v) is 10.5. The number of urea groups is 2. The number of phenolic OH excluding ortho intramolecular Hbond substituents is 2. The topological polar surface area (TPSA) is 264 Å². The molecule has 8 N–H and O–H groups in total. The second-order valence-electron chi connectivity index (χ2n) is 11.6. The molecule has 2 unspecified atom stereocenters. The monoisotopic (exact) mass is 758 g/mol. The summed E-state index contributed by atoms with van der Waals surface area (Å²) in [6.45, 7) is -0.701. The number of benzene rings is 2. The van der Waals surface area contributed by atoms with Gasteiger partial charge in [-0.3, -0.25) is 9.59 Å². The molecule has 51 heavy (non-hydrogen) atoms. The Morgan fingerprint density at radius 2 is 1.86 bits per heavy atom. The van der Waals surface area contributed by atoms with Crippen LogP contribution in [-0.4, -0.2) is 119 Å². The van der Waals surface area contributed by atoms with Crippen LogP contribution in [0.15, 0.2) is 18.2 Å². The Balaban J connectivity index is 1.33. The molecule has 2 aromatic carbocycles. The summed E-state index contributed by atoms with van der Waals surface area (Å²) < 4.78 is 60.2. The Labute approximate surface area is 292 Å². The van der Waals surface area contributed by atoms with Gasteiger partial charge in [-0.25, -0.2) is 40.8 Å². The normalized spacial score (nSPS) is 19.3. The molecule has 5 rings (SSSR count). The first kappa shape index (κ1) is 37.3. The molecule has 0 spiro atoms. The number of sulfonamides is 1. The van der Waals surface area contributed by atoms with E-state index in [9.17, 15) is 61.5 Å². The number of hydrogen-bond donors (Lipinski definition) is 8. The van der Waals surface area contributed by atoms with Gasteiger partial charge in [-0.1, -0.05) is 17.7 Å². The van der Waals surface area contributed by atoms with Gasteiger partial charge in [0, 0.05) is 12.1 Å². The van der Waals surface area contributed by atoms with Gasteiger partial charge in [0.2, 0.25) is 21.8 Å². The number of carboxylic acids is 1. The summed E-state index contributed by atoms with van der Waals surface area (Å²) in [5.41, 5.74) is -1.48. The van der Waals surface area contributed by atoms with Gasteiger partial charge in [-0.2, -0.15) is 0 Å². The number of carbonyl (C=O) groups excluding carboxylic acids is 4. The van der Waals surface area contributed by atoms with Crippen LogP contribution in [0.25, 0.3) is 0 Å². The third-order valence-electron chi connectivity index (χ3n) is 8.38. The summed E-state index contributed by atoms with van der Waals surface area (Å²) in [6.07, 6.45) is 1.00. The average Bonchev–Trinajstić information content (AvgIpc) is 3.75. The Hall–Kier alpha value is -4.93. The highest BCUT2D eigenvalue weighted by atomic mass is 35.5. The quantitative estimate of drug-likeness (QED) is 0.113. The smallest absolute Gasteiger partial charge is 0.534 e. The fourth-order valence-corrected chi connectivity index (χ4v) is 7.28. The van der Waals surface area contributed by atoms with Crippen molar-refractivity contribution in [3.05, 3.63) is 51.5 Å². The molecule has 2 saturated heterocycles. The van der Waals surface area contributed by atoms with Crippen LogP contribution in [0.3, 0.4) is 0 Å². The van der Waals surface area contributed by atoms with E-state index in [2.05, 4.69) is 21.3 Å². The van der Waals surface area contributed by atoms with Crippen LogP contribution >= 0.6 is 11.6 Å². The van der Waals surface area contributed by atoms with Crippen molar-refractivity contribution in [3.63, 3.8) is 0 Å². The van der Waals surface area contributed by atoms with Crippen LogP contribution in [-0.2, 0) is 26.0 Å². The van der Waals surface area contributed by atoms with Gasteiger partial charge in [0.25, 0.3) is 0 Å². The average molecular weight is 759 g/mol. The summed E-state index contributed by atoms with van der Waals surface area (Å²) >= 11 is 6.10. The maximum atomic E-state index is 14.6. The minimum atomic E-state index is -4.36. The molecule has 3 heterocycles. The number of nitrogens with one attached hydrogen (secondary N) is 4. The van der Waals surface area contributed by atoms with Crippen LogP contribution in [0.5, 0.6) is 17.2 Å². The van der Waals surface area contributed by atoms with E-state index in [0.29, 0.717) is 28.2 Å². The molecule has 3 atom stereocenters. The standard InChI is InChI=1S/C28H30BClF2N6O12S/c30-19-13(11-15(32)21(39)22(19)40)20(25(42)35-17-10-12-3-4-14(31)18(26(43)44)23(12)50-29(17)47)36-27(45)37-7-8-38(28(37)46)51(48,49)9-6-34-24(41)16-2-1-5-33-16/h3-4,11,16-17,20,33,39-40,47H,1-2,5-10H2,(H,34,41)(H,35,42)(H,36,45)(H,43,44)/t16?,17-,20?/m0/s1. The number of rotatable bonds is 10. The van der Waals surface area contributed by atoms with E-state index in [-0.39, 0.29) is 18.5 Å². The van der Waals surface area contributed by atoms with Crippen LogP contribution < -0.4 is 25.9 Å². The SMILES string of the molecule is O=C(O)c1c(F)ccc2c1OB(O)[C@@H](NC(=O)C(NC(=O)N1CCN(S(=O)(=O)CCNC(=O)C3CCCN3)C1=O)c1cc(F)c(O)c(O)c1Cl)C2. The van der Waals surface area contributed by atoms with Gasteiger partial charge < -0.3 is 46.3 Å². The second kappa shape index (κ2) is 14.7. The molecule has 274 valence electrons. The summed E-state index contributed by atoms with van der Waals surface area (Å²) in [7, 11) is -6.35. The second-order valence-corrected chi connectivity index (χ2v) is 14.0. The molecule has 0 radical (unpaired) electrons. The van der Waals surface area contributed by atoms with Crippen molar-refractivity contribution in [1.29, 1.82) is 0 Å². The number of fused-ring (bicyclic) bond motifs is 1. The van der Waals surface area contributed by atoms with Crippen LogP contribution in [0, 0.1) is 11.6 Å². The summed E-state index contributed by atoms with van der Waals surface area (Å²) in [4.78, 5) is 64.4. The first-order valence-electron chi connectivity index (χ1n) is 15.2. The largest absolute Gasteiger partial charge is 0.547 e. The van der Waals surface area contributed by atoms with E-state index < -0.39 is 129 Å². The number of aromatic carboxylic acids is 1. The number of carboxylic acid groups (broad SMARTS) is 1. The van der Waals surface area contributed by atoms with E-state index in [1.54, 1.807) is 0 Å². The fourth-order valence-electron chi connectivity index (χ4n) is 5.75. The predicted molar refractivity (Wildman–Crippen MR) is 170 cm³/mol. The Morgan fingerprint density at radius 1 is 1.14 bits per heavy atom. The molecular formula is C28H30BClF2N6O12S. The summed E-state index contributed by atoms with van der Waals surface area (Å²) in [6, 6.07) is -2.81. The molecule has 0 bridgehead atoms. The molecule has 2 fully saturated rings. The van der Waals surface area contributed by atoms with Crippen molar-refractivity contribution < 1.29 is 66.2 Å². The van der Waals surface area contributed by atoms with Crippen molar-refractivity contribution in [2.45, 2.75) is 37.3 Å². The zero-order valence-corrected chi connectivity index (χ0v) is 27.8. The number of amides is 6. The number of phenols is 2. The minimum absolute atomic E-state index is 0.0510.